The van der Waals surface area contributed by atoms with Crippen molar-refractivity contribution >= 4 is 28.7 Å². The molecule has 4 rings (SSSR count). The number of fused-ring (bicyclic) bond motifs is 1. The summed E-state index contributed by atoms with van der Waals surface area (Å²) in [7, 11) is 0. The maximum Gasteiger partial charge on any atom is 0.416 e. The van der Waals surface area contributed by atoms with Crippen molar-refractivity contribution in [3.05, 3.63) is 71.9 Å². The van der Waals surface area contributed by atoms with Crippen molar-refractivity contribution in [3.8, 4) is 11.1 Å². The van der Waals surface area contributed by atoms with Gasteiger partial charge in [-0.2, -0.15) is 18.3 Å². The first-order chi connectivity index (χ1) is 17.6. The van der Waals surface area contributed by atoms with Crippen molar-refractivity contribution in [3.63, 3.8) is 0 Å². The Balaban J connectivity index is 1.56. The Morgan fingerprint density at radius 3 is 2.57 bits per heavy atom. The van der Waals surface area contributed by atoms with Gasteiger partial charge in [-0.05, 0) is 49.2 Å². The number of hydrogen-bond donors (Lipinski definition) is 3. The van der Waals surface area contributed by atoms with Gasteiger partial charge in [-0.1, -0.05) is 19.1 Å². The Bertz CT molecular complexity index is 1420. The van der Waals surface area contributed by atoms with E-state index in [4.69, 9.17) is 10.5 Å². The molecule has 0 fully saturated rings. The summed E-state index contributed by atoms with van der Waals surface area (Å²) in [4.78, 5) is 16.4. The van der Waals surface area contributed by atoms with Gasteiger partial charge in [-0.15, -0.1) is 0 Å². The first-order valence-corrected chi connectivity index (χ1v) is 11.3. The molecule has 1 atom stereocenters. The lowest BCUT2D eigenvalue weighted by Crippen LogP contribution is -2.20. The van der Waals surface area contributed by atoms with Crippen LogP contribution in [0.15, 0.2) is 55.0 Å². The second kappa shape index (κ2) is 10.4. The van der Waals surface area contributed by atoms with Gasteiger partial charge < -0.3 is 21.1 Å². The number of amides is 2. The fraction of sp³-hybridized carbons (Fsp3) is 0.240. The summed E-state index contributed by atoms with van der Waals surface area (Å²) in [5.41, 5.74) is 7.75. The molecule has 2 amide bonds. The van der Waals surface area contributed by atoms with Crippen molar-refractivity contribution in [2.24, 2.45) is 0 Å². The molecule has 37 heavy (non-hydrogen) atoms. The quantitative estimate of drug-likeness (QED) is 0.258. The Morgan fingerprint density at radius 2 is 1.89 bits per heavy atom. The molecule has 0 aliphatic carbocycles. The van der Waals surface area contributed by atoms with Gasteiger partial charge in [0.1, 0.15) is 17.7 Å². The number of hydrogen-bond acceptors (Lipinski definition) is 5. The van der Waals surface area contributed by atoms with Crippen LogP contribution in [0, 0.1) is 5.82 Å². The van der Waals surface area contributed by atoms with Crippen molar-refractivity contribution in [1.82, 2.24) is 14.6 Å². The Kier molecular flexibility index (Phi) is 7.30. The summed E-state index contributed by atoms with van der Waals surface area (Å²) in [6, 6.07) is 7.53. The minimum Gasteiger partial charge on any atom is -0.382 e. The number of ether oxygens (including phenoxy) is 1. The summed E-state index contributed by atoms with van der Waals surface area (Å²) < 4.78 is 60.2. The van der Waals surface area contributed by atoms with Crippen LogP contribution in [0.25, 0.3) is 16.6 Å². The van der Waals surface area contributed by atoms with Gasteiger partial charge in [0.2, 0.25) is 0 Å². The number of halogens is 4. The minimum atomic E-state index is -4.67. The van der Waals surface area contributed by atoms with Gasteiger partial charge in [0, 0.05) is 23.0 Å². The molecular formula is C25H24F4N6O2. The van der Waals surface area contributed by atoms with Crippen LogP contribution in [0.3, 0.4) is 0 Å². The molecule has 0 saturated heterocycles. The lowest BCUT2D eigenvalue weighted by molar-refractivity contribution is -0.137. The van der Waals surface area contributed by atoms with Gasteiger partial charge in [0.15, 0.2) is 5.82 Å². The highest BCUT2D eigenvalue weighted by atomic mass is 19.4. The second-order valence-corrected chi connectivity index (χ2v) is 8.35. The first kappa shape index (κ1) is 25.9. The first-order valence-electron chi connectivity index (χ1n) is 11.3. The summed E-state index contributed by atoms with van der Waals surface area (Å²) >= 11 is 0. The van der Waals surface area contributed by atoms with Crippen LogP contribution < -0.4 is 16.4 Å². The smallest absolute Gasteiger partial charge is 0.382 e. The zero-order chi connectivity index (χ0) is 26.7. The Hall–Kier alpha value is -4.19. The number of nitrogen functional groups attached to an aromatic ring is 1. The molecule has 1 unspecified atom stereocenters. The molecule has 4 aromatic rings. The van der Waals surface area contributed by atoms with Gasteiger partial charge in [0.25, 0.3) is 0 Å². The predicted molar refractivity (Wildman–Crippen MR) is 131 cm³/mol. The number of anilines is 3. The summed E-state index contributed by atoms with van der Waals surface area (Å²) in [6.45, 7) is 4.31. The van der Waals surface area contributed by atoms with E-state index in [2.05, 4.69) is 20.7 Å². The molecule has 2 aromatic heterocycles. The normalized spacial score (nSPS) is 12.5. The molecule has 2 heterocycles. The highest BCUT2D eigenvalue weighted by Crippen LogP contribution is 2.34. The lowest BCUT2D eigenvalue weighted by Gasteiger charge is -2.13. The molecule has 12 heteroatoms. The Morgan fingerprint density at radius 1 is 1.16 bits per heavy atom. The van der Waals surface area contributed by atoms with E-state index in [0.717, 1.165) is 23.1 Å². The zero-order valence-corrected chi connectivity index (χ0v) is 19.9. The predicted octanol–water partition coefficient (Wildman–Crippen LogP) is 6.10. The number of nitrogens with zero attached hydrogens (tertiary/aromatic N) is 3. The monoisotopic (exact) mass is 516 g/mol. The summed E-state index contributed by atoms with van der Waals surface area (Å²) in [5.74, 6) is -0.712. The van der Waals surface area contributed by atoms with Gasteiger partial charge in [-0.3, -0.25) is 0 Å². The zero-order valence-electron chi connectivity index (χ0n) is 19.9. The Labute approximate surface area is 209 Å². The van der Waals surface area contributed by atoms with E-state index in [0.29, 0.717) is 36.0 Å². The second-order valence-electron chi connectivity index (χ2n) is 8.35. The van der Waals surface area contributed by atoms with Crippen LogP contribution in [0.1, 0.15) is 31.4 Å². The number of alkyl halides is 3. The fourth-order valence-corrected chi connectivity index (χ4v) is 3.67. The highest BCUT2D eigenvalue weighted by molar-refractivity contribution is 6.00. The van der Waals surface area contributed by atoms with E-state index in [1.165, 1.54) is 6.33 Å². The van der Waals surface area contributed by atoms with E-state index in [1.807, 2.05) is 20.0 Å². The molecule has 4 N–H and O–H groups in total. The van der Waals surface area contributed by atoms with E-state index in [9.17, 15) is 22.4 Å². The van der Waals surface area contributed by atoms with Gasteiger partial charge in [-0.25, -0.2) is 18.7 Å². The number of aromatic nitrogens is 3. The highest BCUT2D eigenvalue weighted by Gasteiger charge is 2.31. The molecule has 8 nitrogen and oxygen atoms in total. The molecular weight excluding hydrogens is 492 g/mol. The summed E-state index contributed by atoms with van der Waals surface area (Å²) in [6.07, 6.45) is -0.617. The lowest BCUT2D eigenvalue weighted by atomic mass is 10.0. The maximum atomic E-state index is 14.0. The van der Waals surface area contributed by atoms with Crippen LogP contribution in [0.4, 0.5) is 39.5 Å². The van der Waals surface area contributed by atoms with Crippen LogP contribution >= 0.6 is 0 Å². The number of rotatable bonds is 7. The molecule has 0 aliphatic rings. The number of nitrogens with two attached hydrogens (primary N) is 1. The summed E-state index contributed by atoms with van der Waals surface area (Å²) in [5, 5.41) is 8.82. The van der Waals surface area contributed by atoms with E-state index < -0.39 is 29.3 Å². The van der Waals surface area contributed by atoms with Crippen molar-refractivity contribution in [2.75, 3.05) is 16.4 Å². The number of nitrogens with one attached hydrogen (secondary N) is 2. The van der Waals surface area contributed by atoms with Crippen LogP contribution in [-0.4, -0.2) is 26.7 Å². The van der Waals surface area contributed by atoms with Crippen molar-refractivity contribution < 1.29 is 27.1 Å². The van der Waals surface area contributed by atoms with E-state index in [-0.39, 0.29) is 11.9 Å². The maximum absolute atomic E-state index is 14.0. The van der Waals surface area contributed by atoms with Crippen molar-refractivity contribution in [2.45, 2.75) is 39.2 Å². The van der Waals surface area contributed by atoms with Crippen LogP contribution in [0.2, 0.25) is 0 Å². The molecule has 0 aliphatic heterocycles. The SMILES string of the molecule is CCC(C)OCc1cn2ncnc(N)c2c1-c1ccc(NC(=O)Nc2cc(C(F)(F)F)ccc2F)cc1. The third-order valence-corrected chi connectivity index (χ3v) is 5.75. The van der Waals surface area contributed by atoms with Crippen LogP contribution in [0.5, 0.6) is 0 Å². The molecule has 0 radical (unpaired) electrons. The minimum absolute atomic E-state index is 0.0473. The molecule has 0 bridgehead atoms. The molecule has 2 aromatic carbocycles. The third kappa shape index (κ3) is 5.80. The number of benzene rings is 2. The molecule has 194 valence electrons. The van der Waals surface area contributed by atoms with Crippen molar-refractivity contribution in [1.29, 1.82) is 0 Å². The average Bonchev–Trinajstić information content (AvgIpc) is 3.23. The topological polar surface area (TPSA) is 107 Å². The van der Waals surface area contributed by atoms with Gasteiger partial charge >= 0.3 is 12.2 Å². The third-order valence-electron chi connectivity index (χ3n) is 5.75. The molecule has 0 saturated carbocycles. The largest absolute Gasteiger partial charge is 0.416 e. The molecule has 0 spiro atoms. The number of carbonyl (C=O) groups is 1. The van der Waals surface area contributed by atoms with E-state index >= 15 is 0 Å². The fourth-order valence-electron chi connectivity index (χ4n) is 3.67. The van der Waals surface area contributed by atoms with Gasteiger partial charge in [0.05, 0.1) is 24.0 Å². The van der Waals surface area contributed by atoms with Crippen LogP contribution in [-0.2, 0) is 17.5 Å². The standard InChI is InChI=1S/C25H24F4N6O2/c1-3-14(2)37-12-16-11-35-22(23(30)31-13-32-35)21(16)15-4-7-18(8-5-15)33-24(36)34-20-10-17(25(27,28)29)6-9-19(20)26/h4-11,13-14H,3,12H2,1-2H3,(H2,30,31,32)(H2,33,34,36). The van der Waals surface area contributed by atoms with E-state index in [1.54, 1.807) is 28.8 Å². The number of urea groups is 1. The average molecular weight is 516 g/mol. The number of carbonyl (C=O) groups excluding carboxylic acids is 1.